The van der Waals surface area contributed by atoms with Gasteiger partial charge in [-0.2, -0.15) is 0 Å². The lowest BCUT2D eigenvalue weighted by Crippen LogP contribution is -2.40. The van der Waals surface area contributed by atoms with Gasteiger partial charge in [-0.1, -0.05) is 20.4 Å². The van der Waals surface area contributed by atoms with Gasteiger partial charge in [0.1, 0.15) is 0 Å². The maximum atomic E-state index is 11.5. The van der Waals surface area contributed by atoms with Crippen LogP contribution in [-0.2, 0) is 14.3 Å². The second-order valence-electron chi connectivity index (χ2n) is 6.17. The molecule has 1 N–H and O–H groups in total. The molecule has 4 nitrogen and oxygen atoms in total. The fourth-order valence-electron chi connectivity index (χ4n) is 1.87. The van der Waals surface area contributed by atoms with E-state index in [0.29, 0.717) is 6.42 Å². The first-order valence-corrected chi connectivity index (χ1v) is 9.42. The lowest BCUT2D eigenvalue weighted by molar-refractivity contribution is -0.141. The van der Waals surface area contributed by atoms with Crippen LogP contribution in [0.4, 0.5) is 0 Å². The van der Waals surface area contributed by atoms with E-state index in [0.717, 1.165) is 0 Å². The summed E-state index contributed by atoms with van der Waals surface area (Å²) in [4.78, 5) is 33.2. The van der Waals surface area contributed by atoms with Crippen molar-refractivity contribution in [3.8, 4) is 0 Å². The average molecular weight is 286 g/mol. The molecule has 0 aliphatic rings. The largest absolute Gasteiger partial charge is 0.469 e. The Morgan fingerprint density at radius 3 is 2.26 bits per heavy atom. The van der Waals surface area contributed by atoms with E-state index >= 15 is 0 Å². The van der Waals surface area contributed by atoms with Gasteiger partial charge in [-0.3, -0.25) is 9.59 Å². The zero-order chi connectivity index (χ0) is 15.3. The Hall–Kier alpha value is -0.943. The SMILES string of the molecule is C=CC(=O)C[C@H](CC(=O)OC)CC(C)(C)[Si](C)(C)O. The third-order valence-corrected chi connectivity index (χ3v) is 7.37. The first kappa shape index (κ1) is 18.1. The maximum Gasteiger partial charge on any atom is 0.305 e. The minimum absolute atomic E-state index is 0.0814. The van der Waals surface area contributed by atoms with Crippen molar-refractivity contribution in [1.29, 1.82) is 0 Å². The van der Waals surface area contributed by atoms with E-state index in [9.17, 15) is 14.4 Å². The van der Waals surface area contributed by atoms with E-state index < -0.39 is 8.32 Å². The molecule has 0 amide bonds. The summed E-state index contributed by atoms with van der Waals surface area (Å²) in [6, 6.07) is 0. The normalized spacial score (nSPS) is 13.8. The summed E-state index contributed by atoms with van der Waals surface area (Å²) >= 11 is 0. The molecule has 0 aromatic rings. The predicted molar refractivity (Wildman–Crippen MR) is 78.3 cm³/mol. The lowest BCUT2D eigenvalue weighted by Gasteiger charge is -2.37. The first-order chi connectivity index (χ1) is 8.53. The second-order valence-corrected chi connectivity index (χ2v) is 10.6. The van der Waals surface area contributed by atoms with Crippen LogP contribution in [0.3, 0.4) is 0 Å². The smallest absolute Gasteiger partial charge is 0.305 e. The zero-order valence-electron chi connectivity index (χ0n) is 12.7. The molecule has 0 saturated heterocycles. The number of rotatable bonds is 8. The number of esters is 1. The Bertz CT molecular complexity index is 342. The van der Waals surface area contributed by atoms with E-state index in [1.165, 1.54) is 13.2 Å². The van der Waals surface area contributed by atoms with Gasteiger partial charge in [-0.25, -0.2) is 0 Å². The molecule has 110 valence electrons. The van der Waals surface area contributed by atoms with Crippen LogP contribution < -0.4 is 0 Å². The van der Waals surface area contributed by atoms with Crippen LogP contribution in [0.1, 0.15) is 33.1 Å². The topological polar surface area (TPSA) is 63.6 Å². The monoisotopic (exact) mass is 286 g/mol. The molecule has 5 heteroatoms. The molecule has 19 heavy (non-hydrogen) atoms. The standard InChI is InChI=1S/C14H26O4Si/c1-7-12(15)8-11(9-13(16)18-4)10-14(2,3)19(5,6)17/h7,11,17H,1,8-10H2,2-6H3/t11-/m1/s1. The number of allylic oxidation sites excluding steroid dienone is 1. The first-order valence-electron chi connectivity index (χ1n) is 6.48. The lowest BCUT2D eigenvalue weighted by atomic mass is 9.89. The average Bonchev–Trinajstić information content (AvgIpc) is 2.26. The highest BCUT2D eigenvalue weighted by molar-refractivity contribution is 6.72. The van der Waals surface area contributed by atoms with Crippen LogP contribution >= 0.6 is 0 Å². The van der Waals surface area contributed by atoms with Gasteiger partial charge in [0, 0.05) is 12.8 Å². The molecule has 0 spiro atoms. The highest BCUT2D eigenvalue weighted by atomic mass is 28.4. The molecule has 0 radical (unpaired) electrons. The van der Waals surface area contributed by atoms with Gasteiger partial charge in [0.15, 0.2) is 14.1 Å². The molecule has 0 aliphatic carbocycles. The second kappa shape index (κ2) is 7.00. The number of hydrogen-bond donors (Lipinski definition) is 1. The molecule has 1 atom stereocenters. The Morgan fingerprint density at radius 1 is 1.37 bits per heavy atom. The number of carbonyl (C=O) groups excluding carboxylic acids is 2. The van der Waals surface area contributed by atoms with Crippen molar-refractivity contribution < 1.29 is 19.1 Å². The van der Waals surface area contributed by atoms with Crippen molar-refractivity contribution in [3.05, 3.63) is 12.7 Å². The highest BCUT2D eigenvalue weighted by Crippen LogP contribution is 2.43. The van der Waals surface area contributed by atoms with Crippen LogP contribution in [0, 0.1) is 5.92 Å². The number of hydrogen-bond acceptors (Lipinski definition) is 4. The van der Waals surface area contributed by atoms with E-state index in [4.69, 9.17) is 0 Å². The van der Waals surface area contributed by atoms with Crippen molar-refractivity contribution in [3.63, 3.8) is 0 Å². The zero-order valence-corrected chi connectivity index (χ0v) is 13.7. The Labute approximate surface area is 117 Å². The Balaban J connectivity index is 4.89. The minimum atomic E-state index is -2.36. The third kappa shape index (κ3) is 6.16. The van der Waals surface area contributed by atoms with Crippen LogP contribution in [-0.4, -0.2) is 32.0 Å². The fraction of sp³-hybridized carbons (Fsp3) is 0.714. The quantitative estimate of drug-likeness (QED) is 0.423. The van der Waals surface area contributed by atoms with Gasteiger partial charge < -0.3 is 9.53 Å². The van der Waals surface area contributed by atoms with Crippen LogP contribution in [0.5, 0.6) is 0 Å². The van der Waals surface area contributed by atoms with E-state index in [2.05, 4.69) is 11.3 Å². The van der Waals surface area contributed by atoms with Crippen molar-refractivity contribution in [2.45, 2.75) is 51.2 Å². The summed E-state index contributed by atoms with van der Waals surface area (Å²) in [6.07, 6.45) is 2.37. The highest BCUT2D eigenvalue weighted by Gasteiger charge is 2.40. The van der Waals surface area contributed by atoms with Gasteiger partial charge >= 0.3 is 5.97 Å². The summed E-state index contributed by atoms with van der Waals surface area (Å²) in [7, 11) is -1.02. The van der Waals surface area contributed by atoms with Crippen molar-refractivity contribution in [2.75, 3.05) is 7.11 Å². The van der Waals surface area contributed by atoms with E-state index in [1.54, 1.807) is 0 Å². The molecular formula is C14H26O4Si. The van der Waals surface area contributed by atoms with Gasteiger partial charge in [0.2, 0.25) is 0 Å². The van der Waals surface area contributed by atoms with Crippen LogP contribution in [0.15, 0.2) is 12.7 Å². The number of ether oxygens (including phenoxy) is 1. The molecule has 0 unspecified atom stereocenters. The van der Waals surface area contributed by atoms with Crippen molar-refractivity contribution in [2.24, 2.45) is 5.92 Å². The summed E-state index contributed by atoms with van der Waals surface area (Å²) < 4.78 is 4.67. The maximum absolute atomic E-state index is 11.5. The Kier molecular flexibility index (Phi) is 6.66. The molecule has 0 rings (SSSR count). The van der Waals surface area contributed by atoms with Crippen molar-refractivity contribution >= 4 is 20.1 Å². The van der Waals surface area contributed by atoms with Crippen LogP contribution in [0.25, 0.3) is 0 Å². The molecule has 0 heterocycles. The van der Waals surface area contributed by atoms with Gasteiger partial charge in [0.25, 0.3) is 0 Å². The Morgan fingerprint density at radius 2 is 1.89 bits per heavy atom. The van der Waals surface area contributed by atoms with Gasteiger partial charge in [0.05, 0.1) is 7.11 Å². The molecule has 0 aromatic heterocycles. The molecule has 0 saturated carbocycles. The van der Waals surface area contributed by atoms with E-state index in [-0.39, 0.29) is 35.6 Å². The third-order valence-electron chi connectivity index (χ3n) is 3.86. The summed E-state index contributed by atoms with van der Waals surface area (Å²) in [6.45, 7) is 11.2. The van der Waals surface area contributed by atoms with E-state index in [1.807, 2.05) is 26.9 Å². The van der Waals surface area contributed by atoms with Crippen molar-refractivity contribution in [1.82, 2.24) is 0 Å². The molecule has 0 bridgehead atoms. The van der Waals surface area contributed by atoms with Gasteiger partial charge in [-0.15, -0.1) is 0 Å². The molecule has 0 aliphatic heterocycles. The summed E-state index contributed by atoms with van der Waals surface area (Å²) in [5.74, 6) is -0.524. The van der Waals surface area contributed by atoms with Gasteiger partial charge in [-0.05, 0) is 36.5 Å². The molecule has 0 aromatic carbocycles. The van der Waals surface area contributed by atoms with Crippen LogP contribution in [0.2, 0.25) is 18.1 Å². The minimum Gasteiger partial charge on any atom is -0.469 e. The molecular weight excluding hydrogens is 260 g/mol. The summed E-state index contributed by atoms with van der Waals surface area (Å²) in [5.41, 5.74) is 0. The fourth-order valence-corrected chi connectivity index (χ4v) is 2.66. The molecule has 0 fully saturated rings. The predicted octanol–water partition coefficient (Wildman–Crippen LogP) is 2.68. The number of methoxy groups -OCH3 is 1. The number of ketones is 1. The number of carbonyl (C=O) groups is 2. The summed E-state index contributed by atoms with van der Waals surface area (Å²) in [5, 5.41) is -0.271.